The molecule has 0 aliphatic carbocycles. The first-order chi connectivity index (χ1) is 14.6. The van der Waals surface area contributed by atoms with Crippen molar-refractivity contribution in [3.8, 4) is 5.75 Å². The summed E-state index contributed by atoms with van der Waals surface area (Å²) in [5, 5.41) is 11.4. The number of carbonyl (C=O) groups is 1. The number of amides is 1. The monoisotopic (exact) mass is 422 g/mol. The molecule has 30 heavy (non-hydrogen) atoms. The van der Waals surface area contributed by atoms with E-state index >= 15 is 0 Å². The van der Waals surface area contributed by atoms with E-state index in [1.54, 1.807) is 0 Å². The van der Waals surface area contributed by atoms with Crippen LogP contribution in [-0.4, -0.2) is 26.8 Å². The highest BCUT2D eigenvalue weighted by Gasteiger charge is 2.15. The van der Waals surface area contributed by atoms with Crippen LogP contribution in [0.5, 0.6) is 5.75 Å². The summed E-state index contributed by atoms with van der Waals surface area (Å²) < 4.78 is 11.6. The molecule has 2 N–H and O–H groups in total. The number of furan rings is 1. The molecular weight excluding hydrogens is 400 g/mol. The Morgan fingerprint density at radius 2 is 2.03 bits per heavy atom. The zero-order valence-electron chi connectivity index (χ0n) is 16.7. The highest BCUT2D eigenvalue weighted by molar-refractivity contribution is 7.99. The molecule has 1 amide bonds. The number of hydrogen-bond donors (Lipinski definition) is 2. The SMILES string of the molecule is Cc1ccccc1OCc1nc(SCC(=O)N[C@@H](C)c2cc3ccccc3o2)n[nH]1. The zero-order valence-corrected chi connectivity index (χ0v) is 17.5. The van der Waals surface area contributed by atoms with Crippen molar-refractivity contribution in [2.45, 2.75) is 31.7 Å². The molecule has 2 aromatic heterocycles. The fraction of sp³-hybridized carbons (Fsp3) is 0.227. The van der Waals surface area contributed by atoms with E-state index in [2.05, 4.69) is 20.5 Å². The average Bonchev–Trinajstić information content (AvgIpc) is 3.38. The number of aromatic nitrogens is 3. The maximum absolute atomic E-state index is 12.3. The summed E-state index contributed by atoms with van der Waals surface area (Å²) in [5.74, 6) is 2.23. The van der Waals surface area contributed by atoms with Gasteiger partial charge in [-0.1, -0.05) is 48.2 Å². The Hall–Kier alpha value is -3.26. The second kappa shape index (κ2) is 9.04. The second-order valence-electron chi connectivity index (χ2n) is 6.88. The van der Waals surface area contributed by atoms with Gasteiger partial charge in [0.05, 0.1) is 11.8 Å². The van der Waals surface area contributed by atoms with Crippen molar-refractivity contribution in [3.05, 3.63) is 71.7 Å². The largest absolute Gasteiger partial charge is 0.485 e. The number of ether oxygens (including phenoxy) is 1. The van der Waals surface area contributed by atoms with Gasteiger partial charge in [-0.05, 0) is 37.6 Å². The van der Waals surface area contributed by atoms with E-state index in [0.717, 1.165) is 28.0 Å². The molecule has 4 aromatic rings. The van der Waals surface area contributed by atoms with Gasteiger partial charge in [-0.25, -0.2) is 4.98 Å². The van der Waals surface area contributed by atoms with Gasteiger partial charge in [0.1, 0.15) is 23.7 Å². The molecule has 0 bridgehead atoms. The summed E-state index contributed by atoms with van der Waals surface area (Å²) in [6, 6.07) is 17.3. The van der Waals surface area contributed by atoms with Crippen molar-refractivity contribution in [1.29, 1.82) is 0 Å². The van der Waals surface area contributed by atoms with Gasteiger partial charge in [0.2, 0.25) is 11.1 Å². The molecule has 0 radical (unpaired) electrons. The Bertz CT molecular complexity index is 1120. The summed E-state index contributed by atoms with van der Waals surface area (Å²) >= 11 is 1.26. The lowest BCUT2D eigenvalue weighted by molar-refractivity contribution is -0.119. The zero-order chi connectivity index (χ0) is 20.9. The number of aromatic amines is 1. The van der Waals surface area contributed by atoms with Gasteiger partial charge in [-0.3, -0.25) is 9.89 Å². The van der Waals surface area contributed by atoms with Crippen LogP contribution in [0.1, 0.15) is 30.1 Å². The summed E-state index contributed by atoms with van der Waals surface area (Å²) in [6.07, 6.45) is 0. The highest BCUT2D eigenvalue weighted by atomic mass is 32.2. The van der Waals surface area contributed by atoms with Crippen LogP contribution in [0.3, 0.4) is 0 Å². The number of nitrogens with zero attached hydrogens (tertiary/aromatic N) is 2. The maximum Gasteiger partial charge on any atom is 0.231 e. The number of nitrogens with one attached hydrogen (secondary N) is 2. The average molecular weight is 423 g/mol. The number of aryl methyl sites for hydroxylation is 1. The van der Waals surface area contributed by atoms with Crippen molar-refractivity contribution in [3.63, 3.8) is 0 Å². The smallest absolute Gasteiger partial charge is 0.231 e. The molecule has 0 saturated carbocycles. The van der Waals surface area contributed by atoms with Gasteiger partial charge in [0.25, 0.3) is 0 Å². The topological polar surface area (TPSA) is 93.0 Å². The maximum atomic E-state index is 12.3. The quantitative estimate of drug-likeness (QED) is 0.409. The van der Waals surface area contributed by atoms with E-state index in [1.807, 2.05) is 68.4 Å². The van der Waals surface area contributed by atoms with Crippen molar-refractivity contribution in [2.75, 3.05) is 5.75 Å². The molecule has 4 rings (SSSR count). The molecule has 0 spiro atoms. The van der Waals surface area contributed by atoms with Crippen LogP contribution in [0.4, 0.5) is 0 Å². The van der Waals surface area contributed by atoms with Crippen LogP contribution in [-0.2, 0) is 11.4 Å². The van der Waals surface area contributed by atoms with Crippen LogP contribution >= 0.6 is 11.8 Å². The standard InChI is InChI=1S/C22H22N4O3S/c1-14-7-3-5-9-17(14)28-12-20-24-22(26-25-20)30-13-21(27)23-15(2)19-11-16-8-4-6-10-18(16)29-19/h3-11,15H,12-13H2,1-2H3,(H,23,27)(H,24,25,26)/t15-/m0/s1. The van der Waals surface area contributed by atoms with Crippen molar-refractivity contribution in [2.24, 2.45) is 0 Å². The van der Waals surface area contributed by atoms with Crippen LogP contribution in [0.2, 0.25) is 0 Å². The number of rotatable bonds is 8. The van der Waals surface area contributed by atoms with Gasteiger partial charge >= 0.3 is 0 Å². The van der Waals surface area contributed by atoms with E-state index in [4.69, 9.17) is 9.15 Å². The number of fused-ring (bicyclic) bond motifs is 1. The Morgan fingerprint density at radius 1 is 1.23 bits per heavy atom. The van der Waals surface area contributed by atoms with Crippen molar-refractivity contribution in [1.82, 2.24) is 20.5 Å². The summed E-state index contributed by atoms with van der Waals surface area (Å²) in [5.41, 5.74) is 1.87. The Morgan fingerprint density at radius 3 is 2.87 bits per heavy atom. The minimum Gasteiger partial charge on any atom is -0.485 e. The van der Waals surface area contributed by atoms with Crippen LogP contribution in [0, 0.1) is 6.92 Å². The lowest BCUT2D eigenvalue weighted by Gasteiger charge is -2.10. The third kappa shape index (κ3) is 4.83. The number of H-pyrrole nitrogens is 1. The summed E-state index contributed by atoms with van der Waals surface area (Å²) in [7, 11) is 0. The summed E-state index contributed by atoms with van der Waals surface area (Å²) in [6.45, 7) is 4.17. The Balaban J connectivity index is 1.26. The number of hydrogen-bond acceptors (Lipinski definition) is 6. The minimum absolute atomic E-state index is 0.115. The molecular formula is C22H22N4O3S. The molecule has 1 atom stereocenters. The van der Waals surface area contributed by atoms with Gasteiger partial charge in [0.15, 0.2) is 5.82 Å². The number of thioether (sulfide) groups is 1. The first-order valence-electron chi connectivity index (χ1n) is 9.59. The van der Waals surface area contributed by atoms with Gasteiger partial charge < -0.3 is 14.5 Å². The number of benzene rings is 2. The molecule has 8 heteroatoms. The first kappa shape index (κ1) is 20.0. The van der Waals surface area contributed by atoms with Crippen LogP contribution in [0.15, 0.2) is 64.2 Å². The molecule has 0 aliphatic rings. The van der Waals surface area contributed by atoms with E-state index in [0.29, 0.717) is 11.0 Å². The van der Waals surface area contributed by atoms with E-state index < -0.39 is 0 Å². The molecule has 2 aromatic carbocycles. The van der Waals surface area contributed by atoms with E-state index in [9.17, 15) is 4.79 Å². The highest BCUT2D eigenvalue weighted by Crippen LogP contribution is 2.24. The molecule has 154 valence electrons. The molecule has 0 aliphatic heterocycles. The lowest BCUT2D eigenvalue weighted by atomic mass is 10.2. The lowest BCUT2D eigenvalue weighted by Crippen LogP contribution is -2.27. The van der Waals surface area contributed by atoms with Gasteiger partial charge in [-0.15, -0.1) is 5.10 Å². The fourth-order valence-corrected chi connectivity index (χ4v) is 3.60. The number of para-hydroxylation sites is 2. The molecule has 0 saturated heterocycles. The third-order valence-corrected chi connectivity index (χ3v) is 5.40. The molecule has 7 nitrogen and oxygen atoms in total. The third-order valence-electron chi connectivity index (χ3n) is 4.55. The van der Waals surface area contributed by atoms with Crippen molar-refractivity contribution >= 4 is 28.6 Å². The van der Waals surface area contributed by atoms with Crippen LogP contribution < -0.4 is 10.1 Å². The molecule has 0 fully saturated rings. The predicted octanol–water partition coefficient (Wildman–Crippen LogP) is 4.41. The van der Waals surface area contributed by atoms with Crippen molar-refractivity contribution < 1.29 is 13.9 Å². The predicted molar refractivity (Wildman–Crippen MR) is 115 cm³/mol. The Kier molecular flexibility index (Phi) is 6.04. The fourth-order valence-electron chi connectivity index (χ4n) is 2.97. The van der Waals surface area contributed by atoms with Gasteiger partial charge in [-0.2, -0.15) is 0 Å². The minimum atomic E-state index is -0.226. The summed E-state index contributed by atoms with van der Waals surface area (Å²) in [4.78, 5) is 16.7. The second-order valence-corrected chi connectivity index (χ2v) is 7.83. The van der Waals surface area contributed by atoms with Gasteiger partial charge in [0, 0.05) is 5.39 Å². The first-order valence-corrected chi connectivity index (χ1v) is 10.6. The molecule has 2 heterocycles. The Labute approximate surface area is 178 Å². The molecule has 0 unspecified atom stereocenters. The number of carbonyl (C=O) groups excluding carboxylic acids is 1. The van der Waals surface area contributed by atoms with E-state index in [1.165, 1.54) is 11.8 Å². The van der Waals surface area contributed by atoms with E-state index in [-0.39, 0.29) is 24.3 Å². The van der Waals surface area contributed by atoms with Crippen LogP contribution in [0.25, 0.3) is 11.0 Å². The normalized spacial score (nSPS) is 12.1.